The first-order valence-corrected chi connectivity index (χ1v) is 6.54. The molecule has 0 saturated carbocycles. The maximum absolute atomic E-state index is 13.0. The normalized spacial score (nSPS) is 12.3. The number of alkyl halides is 3. The molecule has 0 fully saturated rings. The Morgan fingerprint density at radius 1 is 1.22 bits per heavy atom. The number of phenolic OH excluding ortho intramolecular Hbond substituents is 1. The average molecular weight is 319 g/mol. The van der Waals surface area contributed by atoms with E-state index in [1.54, 1.807) is 12.1 Å². The van der Waals surface area contributed by atoms with E-state index in [1.807, 2.05) is 0 Å². The largest absolute Gasteiger partial charge is 0.508 e. The lowest BCUT2D eigenvalue weighted by atomic mass is 10.1. The second kappa shape index (κ2) is 6.44. The van der Waals surface area contributed by atoms with E-state index >= 15 is 0 Å². The molecule has 0 spiro atoms. The summed E-state index contributed by atoms with van der Waals surface area (Å²) >= 11 is 0. The van der Waals surface area contributed by atoms with E-state index in [0.29, 0.717) is 5.56 Å². The molecular weight excluding hydrogens is 307 g/mol. The molecule has 0 heterocycles. The molecule has 2 rings (SSSR count). The predicted molar refractivity (Wildman–Crippen MR) is 77.8 cm³/mol. The summed E-state index contributed by atoms with van der Waals surface area (Å²) in [7, 11) is 0. The summed E-state index contributed by atoms with van der Waals surface area (Å²) in [6, 6.07) is 10.8. The minimum Gasteiger partial charge on any atom is -0.508 e. The maximum Gasteiger partial charge on any atom is 0.417 e. The molecule has 0 aromatic heterocycles. The van der Waals surface area contributed by atoms with Crippen LogP contribution in [0.25, 0.3) is 0 Å². The molecule has 0 aliphatic heterocycles. The molecule has 6 heteroatoms. The number of hydrogen-bond acceptors (Lipinski definition) is 3. The topological polar surface area (TPSA) is 53.2 Å². The van der Waals surface area contributed by atoms with Crippen LogP contribution in [0.15, 0.2) is 55.1 Å². The molecule has 118 valence electrons. The molecule has 23 heavy (non-hydrogen) atoms. The van der Waals surface area contributed by atoms with Gasteiger partial charge in [-0.15, -0.1) is 0 Å². The number of halogens is 3. The monoisotopic (exact) mass is 319 g/mol. The van der Waals surface area contributed by atoms with E-state index < -0.39 is 23.4 Å². The Morgan fingerprint density at radius 2 is 1.96 bits per heavy atom. The highest BCUT2D eigenvalue weighted by atomic mass is 19.4. The molecule has 2 aromatic carbocycles. The Kier molecular flexibility index (Phi) is 4.60. The molecule has 1 N–H and O–H groups in total. The molecular formula is C17H12F3NO2. The van der Waals surface area contributed by atoms with Crippen molar-refractivity contribution in [2.75, 3.05) is 0 Å². The van der Waals surface area contributed by atoms with Gasteiger partial charge in [-0.1, -0.05) is 18.7 Å². The number of rotatable bonds is 4. The summed E-state index contributed by atoms with van der Waals surface area (Å²) in [5.41, 5.74) is -0.994. The van der Waals surface area contributed by atoms with Crippen molar-refractivity contribution >= 4 is 0 Å². The molecule has 1 unspecified atom stereocenters. The van der Waals surface area contributed by atoms with Crippen LogP contribution < -0.4 is 4.74 Å². The van der Waals surface area contributed by atoms with Crippen molar-refractivity contribution in [2.24, 2.45) is 0 Å². The second-order valence-corrected chi connectivity index (χ2v) is 4.69. The molecule has 0 aliphatic carbocycles. The minimum atomic E-state index is -4.65. The van der Waals surface area contributed by atoms with Gasteiger partial charge in [0.1, 0.15) is 17.6 Å². The van der Waals surface area contributed by atoms with Gasteiger partial charge in [-0.2, -0.15) is 18.4 Å². The van der Waals surface area contributed by atoms with Crippen LogP contribution in [0.4, 0.5) is 13.2 Å². The number of benzene rings is 2. The number of aromatic hydroxyl groups is 1. The summed E-state index contributed by atoms with van der Waals surface area (Å²) in [4.78, 5) is 0. The molecule has 3 nitrogen and oxygen atoms in total. The van der Waals surface area contributed by atoms with Gasteiger partial charge in [0.25, 0.3) is 0 Å². The van der Waals surface area contributed by atoms with E-state index in [-0.39, 0.29) is 11.5 Å². The quantitative estimate of drug-likeness (QED) is 0.839. The Balaban J connectivity index is 2.35. The lowest BCUT2D eigenvalue weighted by molar-refractivity contribution is -0.137. The first-order valence-electron chi connectivity index (χ1n) is 6.54. The SMILES string of the molecule is C=CC(Oc1ccc(C#N)c(C(F)(F)F)c1)c1cccc(O)c1. The Labute approximate surface area is 130 Å². The van der Waals surface area contributed by atoms with Gasteiger partial charge in [-0.3, -0.25) is 0 Å². The minimum absolute atomic E-state index is 0.00811. The van der Waals surface area contributed by atoms with Gasteiger partial charge in [0, 0.05) is 0 Å². The molecule has 2 aromatic rings. The fourth-order valence-electron chi connectivity index (χ4n) is 2.03. The fourth-order valence-corrected chi connectivity index (χ4v) is 2.03. The number of ether oxygens (including phenoxy) is 1. The highest BCUT2D eigenvalue weighted by molar-refractivity contribution is 5.44. The van der Waals surface area contributed by atoms with Gasteiger partial charge in [-0.05, 0) is 42.0 Å². The maximum atomic E-state index is 13.0. The standard InChI is InChI=1S/C17H12F3NO2/c1-2-16(11-4-3-5-13(22)8-11)23-14-7-6-12(10-21)15(9-14)17(18,19)20/h2-9,16,22H,1H2. The van der Waals surface area contributed by atoms with Crippen LogP contribution in [-0.4, -0.2) is 5.11 Å². The van der Waals surface area contributed by atoms with Crippen LogP contribution in [0.5, 0.6) is 11.5 Å². The van der Waals surface area contributed by atoms with Crippen LogP contribution >= 0.6 is 0 Å². The highest BCUT2D eigenvalue weighted by Gasteiger charge is 2.34. The van der Waals surface area contributed by atoms with Gasteiger partial charge in [0.05, 0.1) is 17.2 Å². The average Bonchev–Trinajstić information content (AvgIpc) is 2.51. The summed E-state index contributed by atoms with van der Waals surface area (Å²) in [5, 5.41) is 18.2. The highest BCUT2D eigenvalue weighted by Crippen LogP contribution is 2.35. The summed E-state index contributed by atoms with van der Waals surface area (Å²) in [5.74, 6) is -0.0432. The first-order chi connectivity index (χ1) is 10.8. The van der Waals surface area contributed by atoms with Crippen molar-refractivity contribution in [3.05, 3.63) is 71.8 Å². The number of nitrogens with zero attached hydrogens (tertiary/aromatic N) is 1. The Bertz CT molecular complexity index is 763. The van der Waals surface area contributed by atoms with Crippen LogP contribution in [0.2, 0.25) is 0 Å². The van der Waals surface area contributed by atoms with Crippen molar-refractivity contribution in [3.63, 3.8) is 0 Å². The Morgan fingerprint density at radius 3 is 2.52 bits per heavy atom. The van der Waals surface area contributed by atoms with Crippen LogP contribution in [0.1, 0.15) is 22.8 Å². The molecule has 0 radical (unpaired) electrons. The van der Waals surface area contributed by atoms with Crippen molar-refractivity contribution in [2.45, 2.75) is 12.3 Å². The van der Waals surface area contributed by atoms with Gasteiger partial charge >= 0.3 is 6.18 Å². The number of phenols is 1. The third kappa shape index (κ3) is 3.83. The van der Waals surface area contributed by atoms with E-state index in [4.69, 9.17) is 10.00 Å². The van der Waals surface area contributed by atoms with Gasteiger partial charge in [0.15, 0.2) is 0 Å². The zero-order valence-electron chi connectivity index (χ0n) is 11.8. The third-order valence-electron chi connectivity index (χ3n) is 3.09. The lowest BCUT2D eigenvalue weighted by Crippen LogP contribution is -2.10. The van der Waals surface area contributed by atoms with Crippen molar-refractivity contribution in [1.29, 1.82) is 5.26 Å². The molecule has 0 bridgehead atoms. The first kappa shape index (κ1) is 16.4. The van der Waals surface area contributed by atoms with Gasteiger partial charge < -0.3 is 9.84 Å². The van der Waals surface area contributed by atoms with E-state index in [2.05, 4.69) is 6.58 Å². The molecule has 0 aliphatic rings. The van der Waals surface area contributed by atoms with Crippen LogP contribution in [-0.2, 0) is 6.18 Å². The zero-order chi connectivity index (χ0) is 17.0. The van der Waals surface area contributed by atoms with Crippen molar-refractivity contribution in [3.8, 4) is 17.6 Å². The van der Waals surface area contributed by atoms with E-state index in [0.717, 1.165) is 12.1 Å². The molecule has 1 atom stereocenters. The van der Waals surface area contributed by atoms with Crippen molar-refractivity contribution in [1.82, 2.24) is 0 Å². The smallest absolute Gasteiger partial charge is 0.417 e. The molecule has 0 amide bonds. The second-order valence-electron chi connectivity index (χ2n) is 4.69. The predicted octanol–water partition coefficient (Wildman–Crippen LogP) is 4.59. The van der Waals surface area contributed by atoms with E-state index in [1.165, 1.54) is 30.3 Å². The summed E-state index contributed by atoms with van der Waals surface area (Å²) < 4.78 is 44.4. The fraction of sp³-hybridized carbons (Fsp3) is 0.118. The van der Waals surface area contributed by atoms with Crippen molar-refractivity contribution < 1.29 is 23.0 Å². The number of hydrogen-bond donors (Lipinski definition) is 1. The zero-order valence-corrected chi connectivity index (χ0v) is 11.8. The lowest BCUT2D eigenvalue weighted by Gasteiger charge is -2.18. The summed E-state index contributed by atoms with van der Waals surface area (Å²) in [6.07, 6.45) is -3.99. The van der Waals surface area contributed by atoms with Crippen LogP contribution in [0, 0.1) is 11.3 Å². The summed E-state index contributed by atoms with van der Waals surface area (Å²) in [6.45, 7) is 3.59. The van der Waals surface area contributed by atoms with Crippen LogP contribution in [0.3, 0.4) is 0 Å². The number of nitriles is 1. The van der Waals surface area contributed by atoms with E-state index in [9.17, 15) is 18.3 Å². The van der Waals surface area contributed by atoms with Gasteiger partial charge in [-0.25, -0.2) is 0 Å². The third-order valence-corrected chi connectivity index (χ3v) is 3.09. The molecule has 0 saturated heterocycles. The van der Waals surface area contributed by atoms with Gasteiger partial charge in [0.2, 0.25) is 0 Å². The Hall–Kier alpha value is -2.94.